The molecule has 2 aliphatic rings. The lowest BCUT2D eigenvalue weighted by Crippen LogP contribution is -2.46. The molecule has 2 fully saturated rings. The Morgan fingerprint density at radius 1 is 0.897 bits per heavy atom. The van der Waals surface area contributed by atoms with Crippen molar-refractivity contribution < 1.29 is 0 Å². The van der Waals surface area contributed by atoms with Crippen molar-refractivity contribution in [1.82, 2.24) is 14.9 Å². The number of hydrogen-bond donors (Lipinski definition) is 1. The fourth-order valence-electron chi connectivity index (χ4n) is 4.01. The average Bonchev–Trinajstić information content (AvgIpc) is 3.55. The van der Waals surface area contributed by atoms with Crippen molar-refractivity contribution in [1.29, 1.82) is 0 Å². The number of fused-ring (bicyclic) bond motifs is 1. The highest BCUT2D eigenvalue weighted by molar-refractivity contribution is 5.80. The molecule has 5 nitrogen and oxygen atoms in total. The molecule has 2 aromatic carbocycles. The van der Waals surface area contributed by atoms with Crippen molar-refractivity contribution >= 4 is 22.7 Å². The van der Waals surface area contributed by atoms with Gasteiger partial charge in [-0.3, -0.25) is 4.90 Å². The summed E-state index contributed by atoms with van der Waals surface area (Å²) in [4.78, 5) is 14.8. The third-order valence-electron chi connectivity index (χ3n) is 6.12. The van der Waals surface area contributed by atoms with Crippen LogP contribution in [0.25, 0.3) is 11.0 Å². The minimum absolute atomic E-state index is 0.565. The molecule has 1 aliphatic heterocycles. The van der Waals surface area contributed by atoms with Crippen LogP contribution < -0.4 is 10.2 Å². The molecule has 0 radical (unpaired) electrons. The highest BCUT2D eigenvalue weighted by Crippen LogP contribution is 2.31. The summed E-state index contributed by atoms with van der Waals surface area (Å²) in [6.45, 7) is 9.45. The van der Waals surface area contributed by atoms with Crippen molar-refractivity contribution in [2.24, 2.45) is 0 Å². The minimum Gasteiger partial charge on any atom is -0.364 e. The van der Waals surface area contributed by atoms with Crippen molar-refractivity contribution in [3.63, 3.8) is 0 Å². The second-order valence-corrected chi connectivity index (χ2v) is 8.48. The average molecular weight is 388 g/mol. The van der Waals surface area contributed by atoms with Gasteiger partial charge in [0.05, 0.1) is 11.0 Å². The Morgan fingerprint density at radius 2 is 1.62 bits per heavy atom. The zero-order chi connectivity index (χ0) is 19.8. The number of benzene rings is 2. The summed E-state index contributed by atoms with van der Waals surface area (Å²) in [5.41, 5.74) is 6.09. The monoisotopic (exact) mass is 387 g/mol. The van der Waals surface area contributed by atoms with Crippen LogP contribution in [0.5, 0.6) is 0 Å². The Kier molecular flexibility index (Phi) is 4.84. The van der Waals surface area contributed by atoms with E-state index in [0.29, 0.717) is 6.04 Å². The van der Waals surface area contributed by atoms with E-state index in [1.165, 1.54) is 29.5 Å². The molecule has 1 saturated carbocycles. The van der Waals surface area contributed by atoms with E-state index >= 15 is 0 Å². The van der Waals surface area contributed by atoms with Gasteiger partial charge in [-0.15, -0.1) is 0 Å². The van der Waals surface area contributed by atoms with E-state index < -0.39 is 0 Å². The SMILES string of the molecule is Cc1ccc(CN2CCN(c3nc4ccccc4nc3NC3CC3)CC2)cc1C. The summed E-state index contributed by atoms with van der Waals surface area (Å²) in [6, 6.07) is 15.6. The Bertz CT molecular complexity index is 1020. The topological polar surface area (TPSA) is 44.3 Å². The van der Waals surface area contributed by atoms with Gasteiger partial charge in [-0.25, -0.2) is 9.97 Å². The van der Waals surface area contributed by atoms with E-state index in [1.807, 2.05) is 18.2 Å². The molecule has 150 valence electrons. The maximum absolute atomic E-state index is 4.99. The first-order valence-electron chi connectivity index (χ1n) is 10.7. The van der Waals surface area contributed by atoms with Crippen LogP contribution in [0.15, 0.2) is 42.5 Å². The lowest BCUT2D eigenvalue weighted by atomic mass is 10.1. The summed E-state index contributed by atoms with van der Waals surface area (Å²) < 4.78 is 0. The van der Waals surface area contributed by atoms with E-state index in [1.54, 1.807) is 0 Å². The van der Waals surface area contributed by atoms with E-state index in [4.69, 9.17) is 9.97 Å². The second kappa shape index (κ2) is 7.64. The summed E-state index contributed by atoms with van der Waals surface area (Å²) in [5, 5.41) is 3.61. The number of rotatable bonds is 5. The van der Waals surface area contributed by atoms with Crippen molar-refractivity contribution in [3.05, 3.63) is 59.2 Å². The number of aryl methyl sites for hydroxylation is 2. The molecule has 1 aromatic heterocycles. The molecule has 1 aliphatic carbocycles. The van der Waals surface area contributed by atoms with Crippen LogP contribution in [-0.2, 0) is 6.54 Å². The standard InChI is InChI=1S/C24H29N5/c1-17-7-8-19(15-18(17)2)16-28-11-13-29(14-12-28)24-23(25-20-9-10-20)26-21-5-3-4-6-22(21)27-24/h3-8,15,20H,9-14,16H2,1-2H3,(H,25,26). The maximum atomic E-state index is 4.99. The normalized spacial score (nSPS) is 17.7. The van der Waals surface area contributed by atoms with Gasteiger partial charge >= 0.3 is 0 Å². The third-order valence-corrected chi connectivity index (χ3v) is 6.12. The van der Waals surface area contributed by atoms with Crippen molar-refractivity contribution in [3.8, 4) is 0 Å². The molecular formula is C24H29N5. The second-order valence-electron chi connectivity index (χ2n) is 8.48. The Hall–Kier alpha value is -2.66. The van der Waals surface area contributed by atoms with Crippen LogP contribution in [0.4, 0.5) is 11.6 Å². The Morgan fingerprint density at radius 3 is 2.31 bits per heavy atom. The van der Waals surface area contributed by atoms with Gasteiger partial charge in [0.2, 0.25) is 0 Å². The molecule has 0 bridgehead atoms. The molecule has 1 N–H and O–H groups in total. The van der Waals surface area contributed by atoms with Gasteiger partial charge in [0, 0.05) is 38.8 Å². The number of nitrogens with zero attached hydrogens (tertiary/aromatic N) is 4. The molecule has 2 heterocycles. The summed E-state index contributed by atoms with van der Waals surface area (Å²) in [7, 11) is 0. The number of para-hydroxylation sites is 2. The van der Waals surface area contributed by atoms with E-state index in [9.17, 15) is 0 Å². The van der Waals surface area contributed by atoms with E-state index in [0.717, 1.165) is 55.4 Å². The summed E-state index contributed by atoms with van der Waals surface area (Å²) >= 11 is 0. The van der Waals surface area contributed by atoms with Gasteiger partial charge in [-0.05, 0) is 55.5 Å². The number of piperazine rings is 1. The predicted octanol–water partition coefficient (Wildman–Crippen LogP) is 4.14. The van der Waals surface area contributed by atoms with E-state index in [2.05, 4.69) is 53.2 Å². The van der Waals surface area contributed by atoms with Crippen LogP contribution in [0.3, 0.4) is 0 Å². The van der Waals surface area contributed by atoms with Crippen LogP contribution in [0.2, 0.25) is 0 Å². The van der Waals surface area contributed by atoms with Gasteiger partial charge in [-0.2, -0.15) is 0 Å². The fourth-order valence-corrected chi connectivity index (χ4v) is 4.01. The highest BCUT2D eigenvalue weighted by atomic mass is 15.3. The maximum Gasteiger partial charge on any atom is 0.172 e. The number of aromatic nitrogens is 2. The Labute approximate surface area is 172 Å². The van der Waals surface area contributed by atoms with Gasteiger partial charge < -0.3 is 10.2 Å². The number of anilines is 2. The first-order chi connectivity index (χ1) is 14.2. The third kappa shape index (κ3) is 4.06. The van der Waals surface area contributed by atoms with Crippen molar-refractivity contribution in [2.75, 3.05) is 36.4 Å². The highest BCUT2D eigenvalue weighted by Gasteiger charge is 2.26. The molecule has 0 spiro atoms. The lowest BCUT2D eigenvalue weighted by molar-refractivity contribution is 0.249. The van der Waals surface area contributed by atoms with Gasteiger partial charge in [0.25, 0.3) is 0 Å². The smallest absolute Gasteiger partial charge is 0.172 e. The fraction of sp³-hybridized carbons (Fsp3) is 0.417. The predicted molar refractivity (Wildman–Crippen MR) is 120 cm³/mol. The van der Waals surface area contributed by atoms with Gasteiger partial charge in [0.1, 0.15) is 0 Å². The minimum atomic E-state index is 0.565. The van der Waals surface area contributed by atoms with Crippen LogP contribution in [-0.4, -0.2) is 47.1 Å². The van der Waals surface area contributed by atoms with Crippen molar-refractivity contribution in [2.45, 2.75) is 39.3 Å². The number of hydrogen-bond acceptors (Lipinski definition) is 5. The molecule has 5 heteroatoms. The van der Waals surface area contributed by atoms with Gasteiger partial charge in [-0.1, -0.05) is 30.3 Å². The molecule has 0 amide bonds. The zero-order valence-electron chi connectivity index (χ0n) is 17.4. The Balaban J connectivity index is 1.32. The first kappa shape index (κ1) is 18.4. The number of nitrogens with one attached hydrogen (secondary N) is 1. The summed E-state index contributed by atoms with van der Waals surface area (Å²) in [6.07, 6.45) is 2.47. The van der Waals surface area contributed by atoms with E-state index in [-0.39, 0.29) is 0 Å². The quantitative estimate of drug-likeness (QED) is 0.713. The van der Waals surface area contributed by atoms with Crippen LogP contribution >= 0.6 is 0 Å². The molecule has 1 saturated heterocycles. The first-order valence-corrected chi connectivity index (χ1v) is 10.7. The van der Waals surface area contributed by atoms with Gasteiger partial charge in [0.15, 0.2) is 11.6 Å². The molecule has 29 heavy (non-hydrogen) atoms. The van der Waals surface area contributed by atoms with Crippen LogP contribution in [0, 0.1) is 13.8 Å². The zero-order valence-corrected chi connectivity index (χ0v) is 17.4. The molecular weight excluding hydrogens is 358 g/mol. The van der Waals surface area contributed by atoms with Crippen LogP contribution in [0.1, 0.15) is 29.5 Å². The molecule has 0 unspecified atom stereocenters. The molecule has 3 aromatic rings. The largest absolute Gasteiger partial charge is 0.364 e. The lowest BCUT2D eigenvalue weighted by Gasteiger charge is -2.36. The molecule has 0 atom stereocenters. The summed E-state index contributed by atoms with van der Waals surface area (Å²) in [5.74, 6) is 1.97. The molecule has 5 rings (SSSR count).